The Balaban J connectivity index is 1.02. The van der Waals surface area contributed by atoms with Crippen molar-refractivity contribution in [2.75, 3.05) is 0 Å². The highest BCUT2D eigenvalue weighted by Gasteiger charge is 2.18. The molecule has 0 saturated heterocycles. The molecule has 2 heteroatoms. The van der Waals surface area contributed by atoms with E-state index in [1.54, 1.807) is 0 Å². The summed E-state index contributed by atoms with van der Waals surface area (Å²) in [5.74, 6) is 0. The fourth-order valence-corrected chi connectivity index (χ4v) is 9.40. The molecule has 0 spiro atoms. The van der Waals surface area contributed by atoms with Gasteiger partial charge in [0.1, 0.15) is 0 Å². The summed E-state index contributed by atoms with van der Waals surface area (Å²) in [6, 6.07) is 69.7. The maximum atomic E-state index is 2.43. The van der Waals surface area contributed by atoms with Gasteiger partial charge < -0.3 is 9.13 Å². The Morgan fingerprint density at radius 1 is 0.309 bits per heavy atom. The summed E-state index contributed by atoms with van der Waals surface area (Å²) >= 11 is 0. The molecule has 0 radical (unpaired) electrons. The summed E-state index contributed by atoms with van der Waals surface area (Å²) in [4.78, 5) is 0. The molecule has 2 heterocycles. The van der Waals surface area contributed by atoms with E-state index in [2.05, 4.69) is 204 Å². The first-order valence-corrected chi connectivity index (χ1v) is 19.1. The Hall–Kier alpha value is -7.16. The fourth-order valence-electron chi connectivity index (χ4n) is 9.40. The van der Waals surface area contributed by atoms with Crippen molar-refractivity contribution in [3.63, 3.8) is 0 Å². The minimum Gasteiger partial charge on any atom is -0.309 e. The second-order valence-corrected chi connectivity index (χ2v) is 15.0. The van der Waals surface area contributed by atoms with Crippen molar-refractivity contribution >= 4 is 75.9 Å². The first kappa shape index (κ1) is 30.3. The number of fused-ring (bicyclic) bond motifs is 6. The predicted molar refractivity (Wildman–Crippen MR) is 234 cm³/mol. The standard InChI is InChI=1S/C53H34N2/c1-33-14-16-34(17-15-33)40-27-20-36-23-30-47-41(28-21-37-22-29-46(40)52(36)53(37)47)35-18-24-38(25-19-35)54-48-11-5-4-10-44(48)45-31-26-39(32-51(45)54)55-49-12-6-2-8-42(49)43-9-3-7-13-50(43)55/h2-32H,1H3. The number of hydrogen-bond donors (Lipinski definition) is 0. The van der Waals surface area contributed by atoms with Gasteiger partial charge in [-0.1, -0.05) is 151 Å². The van der Waals surface area contributed by atoms with Crippen molar-refractivity contribution in [2.24, 2.45) is 0 Å². The van der Waals surface area contributed by atoms with Crippen LogP contribution in [-0.2, 0) is 0 Å². The molecule has 0 atom stereocenters. The molecule has 10 aromatic carbocycles. The number of hydrogen-bond acceptors (Lipinski definition) is 0. The SMILES string of the molecule is Cc1ccc(-c2ccc3ccc4c(-c5ccc(-n6c7ccccc7c7ccc(-n8c9ccccc9c9ccccc98)cc76)cc5)ccc5ccc2c3c54)cc1. The molecule has 55 heavy (non-hydrogen) atoms. The average molecular weight is 699 g/mol. The molecule has 256 valence electrons. The molecular formula is C53H34N2. The quantitative estimate of drug-likeness (QED) is 0.162. The molecule has 0 N–H and O–H groups in total. The Kier molecular flexibility index (Phi) is 6.29. The largest absolute Gasteiger partial charge is 0.309 e. The second kappa shape index (κ2) is 11.4. The van der Waals surface area contributed by atoms with E-state index < -0.39 is 0 Å². The summed E-state index contributed by atoms with van der Waals surface area (Å²) in [6.45, 7) is 2.15. The maximum absolute atomic E-state index is 2.43. The van der Waals surface area contributed by atoms with Crippen molar-refractivity contribution in [3.05, 3.63) is 194 Å². The van der Waals surface area contributed by atoms with E-state index in [-0.39, 0.29) is 0 Å². The summed E-state index contributed by atoms with van der Waals surface area (Å²) in [5, 5.41) is 12.9. The highest BCUT2D eigenvalue weighted by molar-refractivity contribution is 6.27. The lowest BCUT2D eigenvalue weighted by Gasteiger charge is -2.17. The number of aryl methyl sites for hydroxylation is 1. The lowest BCUT2D eigenvalue weighted by atomic mass is 9.87. The number of aromatic nitrogens is 2. The third-order valence-electron chi connectivity index (χ3n) is 12.0. The molecule has 12 rings (SSSR count). The van der Waals surface area contributed by atoms with Gasteiger partial charge in [-0.15, -0.1) is 0 Å². The number of nitrogens with zero attached hydrogens (tertiary/aromatic N) is 2. The molecule has 0 saturated carbocycles. The van der Waals surface area contributed by atoms with Crippen LogP contribution in [0.15, 0.2) is 188 Å². The molecule has 0 bridgehead atoms. The Morgan fingerprint density at radius 2 is 0.709 bits per heavy atom. The Labute approximate surface area is 318 Å². The first-order chi connectivity index (χ1) is 27.2. The van der Waals surface area contributed by atoms with E-state index in [0.29, 0.717) is 0 Å². The van der Waals surface area contributed by atoms with Gasteiger partial charge in [-0.25, -0.2) is 0 Å². The third kappa shape index (κ3) is 4.37. The van der Waals surface area contributed by atoms with Crippen LogP contribution >= 0.6 is 0 Å². The fraction of sp³-hybridized carbons (Fsp3) is 0.0189. The minimum atomic E-state index is 1.15. The molecule has 0 aliphatic heterocycles. The van der Waals surface area contributed by atoms with Gasteiger partial charge in [0.25, 0.3) is 0 Å². The molecule has 0 aliphatic rings. The van der Waals surface area contributed by atoms with E-state index in [4.69, 9.17) is 0 Å². The molecule has 2 nitrogen and oxygen atoms in total. The second-order valence-electron chi connectivity index (χ2n) is 15.0. The third-order valence-corrected chi connectivity index (χ3v) is 12.0. The van der Waals surface area contributed by atoms with Crippen LogP contribution in [0.3, 0.4) is 0 Å². The van der Waals surface area contributed by atoms with Gasteiger partial charge in [0.15, 0.2) is 0 Å². The number of benzene rings is 10. The Bertz CT molecular complexity index is 3420. The Morgan fingerprint density at radius 3 is 1.24 bits per heavy atom. The number of rotatable bonds is 4. The highest BCUT2D eigenvalue weighted by Crippen LogP contribution is 2.43. The van der Waals surface area contributed by atoms with Crippen LogP contribution in [0.1, 0.15) is 5.56 Å². The predicted octanol–water partition coefficient (Wildman–Crippen LogP) is 14.4. The van der Waals surface area contributed by atoms with Crippen LogP contribution in [0.5, 0.6) is 0 Å². The summed E-state index contributed by atoms with van der Waals surface area (Å²) in [6.07, 6.45) is 0. The molecule has 0 fully saturated rings. The van der Waals surface area contributed by atoms with Crippen molar-refractivity contribution in [1.82, 2.24) is 9.13 Å². The normalized spacial score (nSPS) is 12.1. The maximum Gasteiger partial charge on any atom is 0.0561 e. The molecule has 0 amide bonds. The first-order valence-electron chi connectivity index (χ1n) is 19.1. The molecule has 0 unspecified atom stereocenters. The molecule has 2 aromatic heterocycles. The minimum absolute atomic E-state index is 1.15. The van der Waals surface area contributed by atoms with Crippen LogP contribution < -0.4 is 0 Å². The van der Waals surface area contributed by atoms with Crippen LogP contribution in [0, 0.1) is 6.92 Å². The van der Waals surface area contributed by atoms with E-state index in [1.165, 1.54) is 104 Å². The smallest absolute Gasteiger partial charge is 0.0561 e. The lowest BCUT2D eigenvalue weighted by Crippen LogP contribution is -1.97. The van der Waals surface area contributed by atoms with Crippen LogP contribution in [0.25, 0.3) is 110 Å². The summed E-state index contributed by atoms with van der Waals surface area (Å²) < 4.78 is 4.84. The monoisotopic (exact) mass is 698 g/mol. The zero-order valence-electron chi connectivity index (χ0n) is 30.3. The van der Waals surface area contributed by atoms with E-state index in [1.807, 2.05) is 0 Å². The van der Waals surface area contributed by atoms with E-state index >= 15 is 0 Å². The van der Waals surface area contributed by atoms with Gasteiger partial charge in [-0.05, 0) is 104 Å². The lowest BCUT2D eigenvalue weighted by molar-refractivity contribution is 1.15. The van der Waals surface area contributed by atoms with Gasteiger partial charge in [0.05, 0.1) is 22.1 Å². The van der Waals surface area contributed by atoms with Gasteiger partial charge in [-0.2, -0.15) is 0 Å². The van der Waals surface area contributed by atoms with Crippen molar-refractivity contribution in [3.8, 4) is 33.6 Å². The topological polar surface area (TPSA) is 9.86 Å². The van der Waals surface area contributed by atoms with Crippen molar-refractivity contribution < 1.29 is 0 Å². The summed E-state index contributed by atoms with van der Waals surface area (Å²) in [7, 11) is 0. The zero-order valence-corrected chi connectivity index (χ0v) is 30.3. The van der Waals surface area contributed by atoms with Crippen LogP contribution in [0.2, 0.25) is 0 Å². The van der Waals surface area contributed by atoms with Gasteiger partial charge in [-0.3, -0.25) is 0 Å². The van der Waals surface area contributed by atoms with Gasteiger partial charge in [0, 0.05) is 32.9 Å². The van der Waals surface area contributed by atoms with Crippen LogP contribution in [-0.4, -0.2) is 9.13 Å². The zero-order chi connectivity index (χ0) is 36.2. The van der Waals surface area contributed by atoms with Crippen molar-refractivity contribution in [1.29, 1.82) is 0 Å². The van der Waals surface area contributed by atoms with E-state index in [0.717, 1.165) is 11.4 Å². The van der Waals surface area contributed by atoms with Crippen molar-refractivity contribution in [2.45, 2.75) is 6.92 Å². The van der Waals surface area contributed by atoms with Crippen LogP contribution in [0.4, 0.5) is 0 Å². The van der Waals surface area contributed by atoms with Gasteiger partial charge >= 0.3 is 0 Å². The number of para-hydroxylation sites is 3. The molecule has 0 aliphatic carbocycles. The summed E-state index contributed by atoms with van der Waals surface area (Å²) in [5.41, 5.74) is 13.4. The average Bonchev–Trinajstić information content (AvgIpc) is 3.76. The van der Waals surface area contributed by atoms with Gasteiger partial charge in [0.2, 0.25) is 0 Å². The molecule has 12 aromatic rings. The highest BCUT2D eigenvalue weighted by atomic mass is 15.0. The molecular weight excluding hydrogens is 665 g/mol. The van der Waals surface area contributed by atoms with E-state index in [9.17, 15) is 0 Å².